The standard InChI is InChI=1S/C25H16N2S2/c1-3-10-18-16(8-1)17-9-2-4-11-19(17)25-24(18)27-23(29-25)15-7-14-22-26-20-12-5-6-13-21(20)28-22/h1-13,15H,14H2. The molecule has 0 bridgehead atoms. The Morgan fingerprint density at radius 3 is 2.21 bits per heavy atom. The van der Waals surface area contributed by atoms with Gasteiger partial charge in [0.2, 0.25) is 0 Å². The van der Waals surface area contributed by atoms with Gasteiger partial charge in [-0.15, -0.1) is 22.7 Å². The van der Waals surface area contributed by atoms with Crippen molar-refractivity contribution in [1.82, 2.24) is 9.97 Å². The van der Waals surface area contributed by atoms with Gasteiger partial charge in [-0.05, 0) is 29.0 Å². The predicted octanol–water partition coefficient (Wildman–Crippen LogP) is 7.47. The number of fused-ring (bicyclic) bond motifs is 7. The Morgan fingerprint density at radius 2 is 1.38 bits per heavy atom. The first kappa shape index (κ1) is 16.8. The van der Waals surface area contributed by atoms with E-state index < -0.39 is 0 Å². The van der Waals surface area contributed by atoms with Crippen LogP contribution >= 0.6 is 22.7 Å². The van der Waals surface area contributed by atoms with Crippen LogP contribution in [0.4, 0.5) is 0 Å². The smallest absolute Gasteiger partial charge is 0.117 e. The van der Waals surface area contributed by atoms with Gasteiger partial charge in [0.05, 0.1) is 25.4 Å². The summed E-state index contributed by atoms with van der Waals surface area (Å²) in [5.74, 6) is 0. The summed E-state index contributed by atoms with van der Waals surface area (Å²) >= 11 is 3.53. The lowest BCUT2D eigenvalue weighted by atomic mass is 10.0. The maximum absolute atomic E-state index is 4.98. The minimum Gasteiger partial charge on any atom is -0.241 e. The lowest BCUT2D eigenvalue weighted by molar-refractivity contribution is 1.22. The topological polar surface area (TPSA) is 25.8 Å². The highest BCUT2D eigenvalue weighted by Gasteiger charge is 2.12. The van der Waals surface area contributed by atoms with E-state index in [2.05, 4.69) is 78.9 Å². The van der Waals surface area contributed by atoms with Gasteiger partial charge in [0.15, 0.2) is 0 Å². The van der Waals surface area contributed by atoms with Crippen molar-refractivity contribution in [3.63, 3.8) is 0 Å². The molecule has 2 nitrogen and oxygen atoms in total. The molecule has 6 rings (SSSR count). The molecule has 2 aromatic heterocycles. The molecule has 4 aromatic carbocycles. The number of hydrogen-bond donors (Lipinski definition) is 0. The molecular weight excluding hydrogens is 392 g/mol. The molecule has 0 radical (unpaired) electrons. The Bertz CT molecular complexity index is 1430. The van der Waals surface area contributed by atoms with Crippen molar-refractivity contribution in [2.24, 2.45) is 0 Å². The van der Waals surface area contributed by atoms with E-state index in [1.165, 1.54) is 30.9 Å². The molecule has 6 aromatic rings. The van der Waals surface area contributed by atoms with E-state index in [0.717, 1.165) is 27.5 Å². The van der Waals surface area contributed by atoms with Crippen molar-refractivity contribution in [2.75, 3.05) is 0 Å². The maximum Gasteiger partial charge on any atom is 0.117 e. The van der Waals surface area contributed by atoms with Crippen LogP contribution in [0.15, 0.2) is 78.9 Å². The summed E-state index contributed by atoms with van der Waals surface area (Å²) < 4.78 is 2.51. The molecule has 0 spiro atoms. The zero-order valence-corrected chi connectivity index (χ0v) is 17.1. The lowest BCUT2D eigenvalue weighted by Crippen LogP contribution is -1.80. The largest absolute Gasteiger partial charge is 0.241 e. The van der Waals surface area contributed by atoms with E-state index in [0.29, 0.717) is 0 Å². The second-order valence-electron chi connectivity index (χ2n) is 7.00. The molecule has 0 saturated carbocycles. The number of rotatable bonds is 3. The van der Waals surface area contributed by atoms with Gasteiger partial charge in [0.1, 0.15) is 5.01 Å². The van der Waals surface area contributed by atoms with Crippen LogP contribution in [0.5, 0.6) is 0 Å². The van der Waals surface area contributed by atoms with Gasteiger partial charge in [-0.1, -0.05) is 66.7 Å². The fourth-order valence-corrected chi connectivity index (χ4v) is 5.87. The van der Waals surface area contributed by atoms with Crippen LogP contribution in [-0.2, 0) is 6.42 Å². The van der Waals surface area contributed by atoms with Crippen LogP contribution in [-0.4, -0.2) is 9.97 Å². The van der Waals surface area contributed by atoms with Gasteiger partial charge in [-0.2, -0.15) is 0 Å². The Morgan fingerprint density at radius 1 is 0.690 bits per heavy atom. The van der Waals surface area contributed by atoms with Gasteiger partial charge in [0, 0.05) is 17.2 Å². The molecule has 0 unspecified atom stereocenters. The number of aromatic nitrogens is 2. The van der Waals surface area contributed by atoms with Crippen LogP contribution in [0.25, 0.3) is 48.1 Å². The summed E-state index contributed by atoms with van der Waals surface area (Å²) in [6.45, 7) is 0. The van der Waals surface area contributed by atoms with Gasteiger partial charge < -0.3 is 0 Å². The fourth-order valence-electron chi connectivity index (χ4n) is 3.88. The quantitative estimate of drug-likeness (QED) is 0.284. The third-order valence-electron chi connectivity index (χ3n) is 5.18. The zero-order valence-electron chi connectivity index (χ0n) is 15.5. The highest BCUT2D eigenvalue weighted by atomic mass is 32.1. The molecule has 138 valence electrons. The monoisotopic (exact) mass is 408 g/mol. The second kappa shape index (κ2) is 6.76. The average molecular weight is 409 g/mol. The Labute approximate surface area is 175 Å². The van der Waals surface area contributed by atoms with E-state index in [1.807, 2.05) is 6.07 Å². The fraction of sp³-hybridized carbons (Fsp3) is 0.0400. The number of para-hydroxylation sites is 1. The minimum atomic E-state index is 0.830. The average Bonchev–Trinajstić information content (AvgIpc) is 3.38. The summed E-state index contributed by atoms with van der Waals surface area (Å²) in [6, 6.07) is 25.5. The van der Waals surface area contributed by atoms with E-state index in [1.54, 1.807) is 22.7 Å². The van der Waals surface area contributed by atoms with Crippen LogP contribution in [0.1, 0.15) is 10.0 Å². The number of thiazole rings is 2. The Kier molecular flexibility index (Phi) is 3.93. The van der Waals surface area contributed by atoms with Gasteiger partial charge in [-0.3, -0.25) is 0 Å². The molecule has 0 fully saturated rings. The Balaban J connectivity index is 1.43. The second-order valence-corrected chi connectivity index (χ2v) is 9.15. The molecule has 2 heterocycles. The van der Waals surface area contributed by atoms with Crippen molar-refractivity contribution in [3.8, 4) is 0 Å². The highest BCUT2D eigenvalue weighted by Crippen LogP contribution is 2.38. The van der Waals surface area contributed by atoms with Crippen molar-refractivity contribution in [1.29, 1.82) is 0 Å². The molecule has 0 amide bonds. The minimum absolute atomic E-state index is 0.830. The molecule has 0 aliphatic heterocycles. The first-order valence-electron chi connectivity index (χ1n) is 9.58. The molecule has 0 atom stereocenters. The van der Waals surface area contributed by atoms with E-state index in [-0.39, 0.29) is 0 Å². The zero-order chi connectivity index (χ0) is 19.2. The molecule has 0 N–H and O–H groups in total. The SMILES string of the molecule is C(=Cc1nc2c3ccccc3c3ccccc3c2s1)Cc1nc2ccccc2s1. The normalized spacial score (nSPS) is 12.1. The molecule has 29 heavy (non-hydrogen) atoms. The van der Waals surface area contributed by atoms with Gasteiger partial charge in [-0.25, -0.2) is 9.97 Å². The van der Waals surface area contributed by atoms with E-state index in [9.17, 15) is 0 Å². The van der Waals surface area contributed by atoms with Crippen molar-refractivity contribution in [2.45, 2.75) is 6.42 Å². The molecular formula is C25H16N2S2. The van der Waals surface area contributed by atoms with Crippen molar-refractivity contribution in [3.05, 3.63) is 88.9 Å². The summed E-state index contributed by atoms with van der Waals surface area (Å²) in [7, 11) is 0. The Hall–Kier alpha value is -3.08. The number of benzene rings is 4. The molecule has 0 aliphatic rings. The predicted molar refractivity (Wildman–Crippen MR) is 127 cm³/mol. The summed E-state index contributed by atoms with van der Waals surface area (Å²) in [4.78, 5) is 9.70. The summed E-state index contributed by atoms with van der Waals surface area (Å²) in [5.41, 5.74) is 2.18. The van der Waals surface area contributed by atoms with Crippen molar-refractivity contribution < 1.29 is 0 Å². The van der Waals surface area contributed by atoms with Crippen LogP contribution in [0, 0.1) is 0 Å². The number of allylic oxidation sites excluding steroid dienone is 1. The molecule has 0 saturated heterocycles. The lowest BCUT2D eigenvalue weighted by Gasteiger charge is -2.05. The van der Waals surface area contributed by atoms with Crippen molar-refractivity contribution >= 4 is 70.7 Å². The van der Waals surface area contributed by atoms with Gasteiger partial charge in [0.25, 0.3) is 0 Å². The third-order valence-corrected chi connectivity index (χ3v) is 7.29. The number of nitrogens with zero attached hydrogens (tertiary/aromatic N) is 2. The summed E-state index contributed by atoms with van der Waals surface area (Å²) in [6.07, 6.45) is 5.15. The van der Waals surface area contributed by atoms with E-state index in [4.69, 9.17) is 9.97 Å². The first-order chi connectivity index (χ1) is 14.4. The van der Waals surface area contributed by atoms with Gasteiger partial charge >= 0.3 is 0 Å². The molecule has 0 aliphatic carbocycles. The summed E-state index contributed by atoms with van der Waals surface area (Å²) in [5, 5.41) is 7.25. The van der Waals surface area contributed by atoms with Crippen LogP contribution in [0.3, 0.4) is 0 Å². The molecule has 4 heteroatoms. The van der Waals surface area contributed by atoms with E-state index >= 15 is 0 Å². The van der Waals surface area contributed by atoms with Crippen LogP contribution < -0.4 is 0 Å². The number of hydrogen-bond acceptors (Lipinski definition) is 4. The maximum atomic E-state index is 4.98. The van der Waals surface area contributed by atoms with Crippen LogP contribution in [0.2, 0.25) is 0 Å². The highest BCUT2D eigenvalue weighted by molar-refractivity contribution is 7.20. The third kappa shape index (κ3) is 2.84. The first-order valence-corrected chi connectivity index (χ1v) is 11.2.